The molecule has 0 fully saturated rings. The Bertz CT molecular complexity index is 1460. The van der Waals surface area contributed by atoms with Gasteiger partial charge in [0, 0.05) is 29.0 Å². The predicted molar refractivity (Wildman–Crippen MR) is 133 cm³/mol. The molecule has 2 aromatic heterocycles. The van der Waals surface area contributed by atoms with Crippen molar-refractivity contribution in [2.75, 3.05) is 11.1 Å². The molecule has 1 N–H and O–H groups in total. The molecule has 1 atom stereocenters. The van der Waals surface area contributed by atoms with Crippen LogP contribution in [-0.4, -0.2) is 26.2 Å². The topological polar surface area (TPSA) is 76.9 Å². The number of amides is 1. The summed E-state index contributed by atoms with van der Waals surface area (Å²) in [4.78, 5) is 35.1. The number of benzene rings is 2. The van der Waals surface area contributed by atoms with E-state index < -0.39 is 0 Å². The number of carbonyl (C=O) groups is 1. The van der Waals surface area contributed by atoms with Crippen LogP contribution < -0.4 is 10.9 Å². The molecular weight excluding hydrogens is 452 g/mol. The number of anilines is 1. The van der Waals surface area contributed by atoms with Gasteiger partial charge in [-0.15, -0.1) is 11.3 Å². The van der Waals surface area contributed by atoms with Crippen molar-refractivity contribution >= 4 is 44.9 Å². The number of thiazole rings is 1. The normalized spacial score (nSPS) is 16.7. The molecule has 1 unspecified atom stereocenters. The summed E-state index contributed by atoms with van der Waals surface area (Å²) in [6, 6.07) is 13.9. The Labute approximate surface area is 199 Å². The van der Waals surface area contributed by atoms with Crippen LogP contribution in [0, 0.1) is 6.92 Å². The Morgan fingerprint density at radius 2 is 2.00 bits per heavy atom. The van der Waals surface area contributed by atoms with Gasteiger partial charge in [-0.2, -0.15) is 0 Å². The Kier molecular flexibility index (Phi) is 5.07. The standard InChI is InChI=1S/C25H22N4O2S2/c1-14-5-10-20-21(11-14)33-23(27-20)15-6-8-16(9-7-15)26-22(30)12-17-13-32-25-28-19-4-2-3-18(19)24(31)29(17)25/h5-11,17H,2-4,12-13H2,1H3,(H,26,30). The summed E-state index contributed by atoms with van der Waals surface area (Å²) >= 11 is 3.24. The first kappa shape index (κ1) is 20.6. The van der Waals surface area contributed by atoms with Crippen LogP contribution >= 0.6 is 23.1 Å². The van der Waals surface area contributed by atoms with E-state index in [1.165, 1.54) is 10.3 Å². The van der Waals surface area contributed by atoms with Crippen LogP contribution in [0.5, 0.6) is 0 Å². The second-order valence-electron chi connectivity index (χ2n) is 8.63. The highest BCUT2D eigenvalue weighted by Crippen LogP contribution is 2.34. The molecule has 6 nitrogen and oxygen atoms in total. The fourth-order valence-electron chi connectivity index (χ4n) is 4.58. The number of nitrogens with zero attached hydrogens (tertiary/aromatic N) is 3. The smallest absolute Gasteiger partial charge is 0.257 e. The average Bonchev–Trinajstić information content (AvgIpc) is 3.53. The first-order valence-electron chi connectivity index (χ1n) is 11.1. The third-order valence-electron chi connectivity index (χ3n) is 6.25. The highest BCUT2D eigenvalue weighted by molar-refractivity contribution is 7.99. The number of hydrogen-bond acceptors (Lipinski definition) is 6. The van der Waals surface area contributed by atoms with E-state index >= 15 is 0 Å². The van der Waals surface area contributed by atoms with Gasteiger partial charge in [0.2, 0.25) is 5.91 Å². The number of thioether (sulfide) groups is 1. The monoisotopic (exact) mass is 474 g/mol. The lowest BCUT2D eigenvalue weighted by Gasteiger charge is -2.14. The summed E-state index contributed by atoms with van der Waals surface area (Å²) in [5, 5.41) is 4.71. The first-order valence-corrected chi connectivity index (χ1v) is 12.9. The van der Waals surface area contributed by atoms with Crippen LogP contribution in [0.15, 0.2) is 52.4 Å². The molecule has 1 aliphatic heterocycles. The second kappa shape index (κ2) is 8.11. The lowest BCUT2D eigenvalue weighted by Crippen LogP contribution is -2.30. The minimum absolute atomic E-state index is 0.0469. The van der Waals surface area contributed by atoms with E-state index in [1.54, 1.807) is 27.7 Å². The molecule has 2 aliphatic rings. The lowest BCUT2D eigenvalue weighted by atomic mass is 10.2. The quantitative estimate of drug-likeness (QED) is 0.422. The van der Waals surface area contributed by atoms with Crippen LogP contribution in [0.4, 0.5) is 5.69 Å². The second-order valence-corrected chi connectivity index (χ2v) is 10.7. The zero-order valence-electron chi connectivity index (χ0n) is 18.1. The van der Waals surface area contributed by atoms with Crippen molar-refractivity contribution < 1.29 is 4.79 Å². The summed E-state index contributed by atoms with van der Waals surface area (Å²) < 4.78 is 2.92. The summed E-state index contributed by atoms with van der Waals surface area (Å²) in [5.41, 5.74) is 5.83. The van der Waals surface area contributed by atoms with Gasteiger partial charge in [-0.25, -0.2) is 9.97 Å². The van der Waals surface area contributed by atoms with Crippen LogP contribution in [0.2, 0.25) is 0 Å². The van der Waals surface area contributed by atoms with E-state index in [9.17, 15) is 9.59 Å². The molecule has 6 rings (SSSR count). The number of aromatic nitrogens is 3. The van der Waals surface area contributed by atoms with Gasteiger partial charge in [-0.1, -0.05) is 17.8 Å². The molecule has 0 radical (unpaired) electrons. The van der Waals surface area contributed by atoms with Crippen LogP contribution in [-0.2, 0) is 17.6 Å². The van der Waals surface area contributed by atoms with Gasteiger partial charge in [0.1, 0.15) is 5.01 Å². The van der Waals surface area contributed by atoms with E-state index in [-0.39, 0.29) is 23.9 Å². The lowest BCUT2D eigenvalue weighted by molar-refractivity contribution is -0.116. The maximum Gasteiger partial charge on any atom is 0.257 e. The molecule has 2 aromatic carbocycles. The van der Waals surface area contributed by atoms with Gasteiger partial charge in [-0.05, 0) is 68.1 Å². The van der Waals surface area contributed by atoms with Crippen molar-refractivity contribution in [3.63, 3.8) is 0 Å². The number of rotatable bonds is 4. The highest BCUT2D eigenvalue weighted by Gasteiger charge is 2.31. The zero-order chi connectivity index (χ0) is 22.5. The van der Waals surface area contributed by atoms with Gasteiger partial charge in [-0.3, -0.25) is 14.2 Å². The van der Waals surface area contributed by atoms with E-state index in [2.05, 4.69) is 29.4 Å². The van der Waals surface area contributed by atoms with Gasteiger partial charge >= 0.3 is 0 Å². The molecule has 8 heteroatoms. The maximum atomic E-state index is 12.9. The summed E-state index contributed by atoms with van der Waals surface area (Å²) in [5.74, 6) is 0.609. The van der Waals surface area contributed by atoms with Crippen LogP contribution in [0.1, 0.15) is 35.7 Å². The minimum Gasteiger partial charge on any atom is -0.326 e. The Morgan fingerprint density at radius 3 is 2.85 bits per heavy atom. The van der Waals surface area contributed by atoms with Gasteiger partial charge < -0.3 is 5.32 Å². The molecule has 4 aromatic rings. The SMILES string of the molecule is Cc1ccc2nc(-c3ccc(NC(=O)CC4CSc5nc6c(c(=O)n54)CCC6)cc3)sc2c1. The molecule has 0 saturated carbocycles. The van der Waals surface area contributed by atoms with Gasteiger partial charge in [0.25, 0.3) is 5.56 Å². The average molecular weight is 475 g/mol. The number of hydrogen-bond donors (Lipinski definition) is 1. The molecule has 3 heterocycles. The highest BCUT2D eigenvalue weighted by atomic mass is 32.2. The van der Waals surface area contributed by atoms with Crippen molar-refractivity contribution in [2.24, 2.45) is 0 Å². The number of aryl methyl sites for hydroxylation is 2. The predicted octanol–water partition coefficient (Wildman–Crippen LogP) is 4.99. The van der Waals surface area contributed by atoms with Crippen molar-refractivity contribution in [3.05, 3.63) is 69.6 Å². The maximum absolute atomic E-state index is 12.9. The van der Waals surface area contributed by atoms with Gasteiger partial charge in [0.15, 0.2) is 5.16 Å². The van der Waals surface area contributed by atoms with Crippen molar-refractivity contribution in [1.82, 2.24) is 14.5 Å². The van der Waals surface area contributed by atoms with Crippen LogP contribution in [0.25, 0.3) is 20.8 Å². The minimum atomic E-state index is -0.152. The number of carbonyl (C=O) groups excluding carboxylic acids is 1. The van der Waals surface area contributed by atoms with Crippen LogP contribution in [0.3, 0.4) is 0 Å². The Balaban J connectivity index is 1.16. The molecule has 33 heavy (non-hydrogen) atoms. The Morgan fingerprint density at radius 1 is 1.15 bits per heavy atom. The fraction of sp³-hybridized carbons (Fsp3) is 0.280. The third kappa shape index (κ3) is 3.77. The van der Waals surface area contributed by atoms with Crippen molar-refractivity contribution in [3.8, 4) is 10.6 Å². The van der Waals surface area contributed by atoms with Crippen molar-refractivity contribution in [2.45, 2.75) is 43.8 Å². The molecule has 1 amide bonds. The van der Waals surface area contributed by atoms with E-state index in [0.29, 0.717) is 5.75 Å². The first-order chi connectivity index (χ1) is 16.0. The largest absolute Gasteiger partial charge is 0.326 e. The molecule has 0 bridgehead atoms. The molecule has 0 spiro atoms. The third-order valence-corrected chi connectivity index (χ3v) is 8.42. The molecule has 166 valence electrons. The fourth-order valence-corrected chi connectivity index (χ4v) is 6.80. The van der Waals surface area contributed by atoms with Gasteiger partial charge in [0.05, 0.1) is 22.0 Å². The summed E-state index contributed by atoms with van der Waals surface area (Å²) in [7, 11) is 0. The summed E-state index contributed by atoms with van der Waals surface area (Å²) in [6.07, 6.45) is 2.94. The zero-order valence-corrected chi connectivity index (χ0v) is 19.8. The van der Waals surface area contributed by atoms with Crippen molar-refractivity contribution in [1.29, 1.82) is 0 Å². The Hall–Kier alpha value is -2.97. The number of nitrogens with one attached hydrogen (secondary N) is 1. The van der Waals surface area contributed by atoms with E-state index in [4.69, 9.17) is 4.98 Å². The number of fused-ring (bicyclic) bond motifs is 3. The molecule has 0 saturated heterocycles. The molecular formula is C25H22N4O2S2. The van der Waals surface area contributed by atoms with E-state index in [0.717, 1.165) is 57.5 Å². The van der Waals surface area contributed by atoms with E-state index in [1.807, 2.05) is 30.3 Å². The summed E-state index contributed by atoms with van der Waals surface area (Å²) in [6.45, 7) is 2.08. The molecule has 1 aliphatic carbocycles.